The maximum Gasteiger partial charge on any atom is 0.365 e. The van der Waals surface area contributed by atoms with E-state index in [2.05, 4.69) is 18.8 Å². The second kappa shape index (κ2) is 4.62. The van der Waals surface area contributed by atoms with Crippen LogP contribution >= 0.6 is 23.1 Å². The van der Waals surface area contributed by atoms with Crippen LogP contribution in [0.2, 0.25) is 0 Å². The highest BCUT2D eigenvalue weighted by Crippen LogP contribution is 2.18. The average molecular weight is 217 g/mol. The highest BCUT2D eigenvalue weighted by molar-refractivity contribution is 7.99. The van der Waals surface area contributed by atoms with Gasteiger partial charge in [0.1, 0.15) is 0 Å². The van der Waals surface area contributed by atoms with Crippen molar-refractivity contribution >= 4 is 29.1 Å². The number of hydrogen-bond donors (Lipinski definition) is 1. The molecule has 1 heterocycles. The molecule has 0 aliphatic rings. The molecule has 0 bridgehead atoms. The molecular formula is C8H11NO2S2. The molecule has 5 heteroatoms. The van der Waals surface area contributed by atoms with E-state index in [9.17, 15) is 4.79 Å². The molecule has 1 aromatic rings. The van der Waals surface area contributed by atoms with Gasteiger partial charge in [-0.15, -0.1) is 11.3 Å². The van der Waals surface area contributed by atoms with Crippen molar-refractivity contribution < 1.29 is 9.90 Å². The smallest absolute Gasteiger partial charge is 0.365 e. The molecule has 0 saturated heterocycles. The van der Waals surface area contributed by atoms with Crippen LogP contribution in [0, 0.1) is 0 Å². The molecule has 0 amide bonds. The highest BCUT2D eigenvalue weighted by atomic mass is 32.2. The Bertz CT molecular complexity index is 296. The summed E-state index contributed by atoms with van der Waals surface area (Å²) in [6.07, 6.45) is 0. The monoisotopic (exact) mass is 217 g/mol. The van der Waals surface area contributed by atoms with Gasteiger partial charge in [0.25, 0.3) is 0 Å². The number of nitrogens with zero attached hydrogens (tertiary/aromatic N) is 1. The number of rotatable bonds is 4. The Morgan fingerprint density at radius 3 is 2.92 bits per heavy atom. The molecule has 0 saturated carbocycles. The number of carbonyl (C=O) groups is 1. The molecule has 3 nitrogen and oxygen atoms in total. The molecule has 0 spiro atoms. The Kier molecular flexibility index (Phi) is 3.74. The van der Waals surface area contributed by atoms with Gasteiger partial charge in [0.15, 0.2) is 0 Å². The fraction of sp³-hybridized carbons (Fsp3) is 0.500. The third kappa shape index (κ3) is 3.36. The molecule has 13 heavy (non-hydrogen) atoms. The number of hydrogen-bond acceptors (Lipinski definition) is 4. The molecule has 0 unspecified atom stereocenters. The van der Waals surface area contributed by atoms with Crippen LogP contribution in [-0.4, -0.2) is 21.3 Å². The summed E-state index contributed by atoms with van der Waals surface area (Å²) in [5.41, 5.74) is 0.862. The zero-order valence-corrected chi connectivity index (χ0v) is 9.11. The quantitative estimate of drug-likeness (QED) is 0.841. The predicted octanol–water partition coefficient (Wildman–Crippen LogP) is 2.48. The van der Waals surface area contributed by atoms with Gasteiger partial charge in [-0.2, -0.15) is 11.8 Å². The molecule has 0 fully saturated rings. The van der Waals surface area contributed by atoms with Gasteiger partial charge in [-0.05, 0) is 5.25 Å². The van der Waals surface area contributed by atoms with Crippen molar-refractivity contribution in [2.75, 3.05) is 0 Å². The van der Waals surface area contributed by atoms with E-state index in [0.29, 0.717) is 5.25 Å². The molecule has 0 aliphatic carbocycles. The van der Waals surface area contributed by atoms with E-state index < -0.39 is 5.97 Å². The minimum atomic E-state index is -0.939. The molecule has 0 aromatic carbocycles. The van der Waals surface area contributed by atoms with E-state index in [1.165, 1.54) is 11.3 Å². The number of aromatic carboxylic acids is 1. The normalized spacial score (nSPS) is 10.7. The van der Waals surface area contributed by atoms with Crippen LogP contribution in [-0.2, 0) is 5.75 Å². The number of carboxylic acids is 1. The van der Waals surface area contributed by atoms with Crippen molar-refractivity contribution in [1.82, 2.24) is 4.98 Å². The Labute approximate surface area is 85.2 Å². The zero-order chi connectivity index (χ0) is 9.84. The minimum Gasteiger partial charge on any atom is -0.476 e. The third-order valence-corrected chi connectivity index (χ3v) is 3.31. The molecule has 1 rings (SSSR count). The summed E-state index contributed by atoms with van der Waals surface area (Å²) in [5, 5.41) is 11.2. The first-order chi connectivity index (χ1) is 6.09. The summed E-state index contributed by atoms with van der Waals surface area (Å²) >= 11 is 2.95. The second-order valence-corrected chi connectivity index (χ2v) is 5.23. The van der Waals surface area contributed by atoms with Crippen molar-refractivity contribution in [2.45, 2.75) is 24.9 Å². The van der Waals surface area contributed by atoms with Crippen LogP contribution in [0.25, 0.3) is 0 Å². The molecule has 0 aliphatic heterocycles. The zero-order valence-electron chi connectivity index (χ0n) is 7.48. The molecule has 0 atom stereocenters. The fourth-order valence-electron chi connectivity index (χ4n) is 0.724. The van der Waals surface area contributed by atoms with Gasteiger partial charge < -0.3 is 5.11 Å². The van der Waals surface area contributed by atoms with Gasteiger partial charge in [0.2, 0.25) is 5.01 Å². The first-order valence-electron chi connectivity index (χ1n) is 3.89. The lowest BCUT2D eigenvalue weighted by atomic mass is 10.5. The minimum absolute atomic E-state index is 0.180. The molecule has 1 aromatic heterocycles. The lowest BCUT2D eigenvalue weighted by molar-refractivity contribution is 0.0696. The van der Waals surface area contributed by atoms with Crippen LogP contribution in [0.5, 0.6) is 0 Å². The second-order valence-electron chi connectivity index (χ2n) is 2.81. The van der Waals surface area contributed by atoms with E-state index in [0.717, 1.165) is 11.4 Å². The first kappa shape index (κ1) is 10.5. The van der Waals surface area contributed by atoms with Crippen LogP contribution in [0.4, 0.5) is 0 Å². The summed E-state index contributed by atoms with van der Waals surface area (Å²) in [6.45, 7) is 4.21. The van der Waals surface area contributed by atoms with E-state index in [1.807, 2.05) is 0 Å². The predicted molar refractivity (Wildman–Crippen MR) is 55.5 cm³/mol. The molecular weight excluding hydrogens is 206 g/mol. The standard InChI is InChI=1S/C8H11NO2S2/c1-5(2)12-3-6-4-13-7(9-6)8(10)11/h4-5H,3H2,1-2H3,(H,10,11). The van der Waals surface area contributed by atoms with Gasteiger partial charge in [-0.25, -0.2) is 9.78 Å². The maximum atomic E-state index is 10.5. The molecule has 1 N–H and O–H groups in total. The van der Waals surface area contributed by atoms with Gasteiger partial charge in [-0.1, -0.05) is 13.8 Å². The Morgan fingerprint density at radius 2 is 2.46 bits per heavy atom. The van der Waals surface area contributed by atoms with E-state index in [1.54, 1.807) is 17.1 Å². The molecule has 0 radical (unpaired) electrons. The summed E-state index contributed by atoms with van der Waals surface area (Å²) in [4.78, 5) is 14.5. The summed E-state index contributed by atoms with van der Waals surface area (Å²) in [5.74, 6) is -0.146. The van der Waals surface area contributed by atoms with Crippen LogP contribution in [0.3, 0.4) is 0 Å². The van der Waals surface area contributed by atoms with E-state index >= 15 is 0 Å². The number of thiazole rings is 1. The number of thioether (sulfide) groups is 1. The van der Waals surface area contributed by atoms with Crippen LogP contribution in [0.1, 0.15) is 29.3 Å². The SMILES string of the molecule is CC(C)SCc1csc(C(=O)O)n1. The lowest BCUT2D eigenvalue weighted by Crippen LogP contribution is -1.95. The van der Waals surface area contributed by atoms with Crippen molar-refractivity contribution in [3.05, 3.63) is 16.1 Å². The van der Waals surface area contributed by atoms with Crippen LogP contribution < -0.4 is 0 Å². The van der Waals surface area contributed by atoms with Gasteiger partial charge in [-0.3, -0.25) is 0 Å². The summed E-state index contributed by atoms with van der Waals surface area (Å²) < 4.78 is 0. The summed E-state index contributed by atoms with van der Waals surface area (Å²) in [7, 11) is 0. The molecule has 72 valence electrons. The number of carboxylic acid groups (broad SMARTS) is 1. The Balaban J connectivity index is 2.54. The van der Waals surface area contributed by atoms with Crippen molar-refractivity contribution in [1.29, 1.82) is 0 Å². The van der Waals surface area contributed by atoms with Crippen LogP contribution in [0.15, 0.2) is 5.38 Å². The lowest BCUT2D eigenvalue weighted by Gasteiger charge is -2.00. The van der Waals surface area contributed by atoms with E-state index in [-0.39, 0.29) is 5.01 Å². The van der Waals surface area contributed by atoms with Crippen molar-refractivity contribution in [3.63, 3.8) is 0 Å². The Hall–Kier alpha value is -0.550. The fourth-order valence-corrected chi connectivity index (χ4v) is 2.14. The van der Waals surface area contributed by atoms with Crippen molar-refractivity contribution in [2.24, 2.45) is 0 Å². The number of aromatic nitrogens is 1. The average Bonchev–Trinajstić information content (AvgIpc) is 2.48. The van der Waals surface area contributed by atoms with Gasteiger partial charge >= 0.3 is 5.97 Å². The largest absolute Gasteiger partial charge is 0.476 e. The van der Waals surface area contributed by atoms with Gasteiger partial charge in [0.05, 0.1) is 5.69 Å². The topological polar surface area (TPSA) is 50.2 Å². The maximum absolute atomic E-state index is 10.5. The first-order valence-corrected chi connectivity index (χ1v) is 5.81. The third-order valence-electron chi connectivity index (χ3n) is 1.30. The van der Waals surface area contributed by atoms with E-state index in [4.69, 9.17) is 5.11 Å². The highest BCUT2D eigenvalue weighted by Gasteiger charge is 2.08. The Morgan fingerprint density at radius 1 is 1.77 bits per heavy atom. The summed E-state index contributed by atoms with van der Waals surface area (Å²) in [6, 6.07) is 0. The van der Waals surface area contributed by atoms with Gasteiger partial charge in [0, 0.05) is 11.1 Å². The van der Waals surface area contributed by atoms with Crippen molar-refractivity contribution in [3.8, 4) is 0 Å².